The minimum Gasteiger partial charge on any atom is -0.453 e. The third kappa shape index (κ3) is 10.6. The van der Waals surface area contributed by atoms with E-state index in [0.717, 1.165) is 24.0 Å². The number of carbonyl (C=O) groups excluding carboxylic acids is 7. The lowest BCUT2D eigenvalue weighted by molar-refractivity contribution is -0.138. The van der Waals surface area contributed by atoms with Crippen molar-refractivity contribution < 1.29 is 43.0 Å². The van der Waals surface area contributed by atoms with E-state index in [1.165, 1.54) is 26.2 Å². The minimum absolute atomic E-state index is 0.0296. The molecule has 2 rings (SSSR count). The number of aldehydes is 1. The first-order valence-corrected chi connectivity index (χ1v) is 14.0. The SMILES string of the molecule is COC(=O)NCCCCC(NC(=O)OC)C(=O)NCCNC(=O)CCN1C(=O)CC(SN2CCC[C@H]2C=O)C1=O. The van der Waals surface area contributed by atoms with Crippen molar-refractivity contribution in [3.63, 3.8) is 0 Å². The lowest BCUT2D eigenvalue weighted by Crippen LogP contribution is -2.48. The van der Waals surface area contributed by atoms with E-state index in [2.05, 4.69) is 30.7 Å². The van der Waals surface area contributed by atoms with Gasteiger partial charge in [0.15, 0.2) is 0 Å². The Balaban J connectivity index is 1.68. The maximum Gasteiger partial charge on any atom is 0.407 e. The molecule has 2 fully saturated rings. The zero-order valence-electron chi connectivity index (χ0n) is 22.8. The van der Waals surface area contributed by atoms with E-state index in [1.54, 1.807) is 0 Å². The number of likely N-dealkylation sites (tertiary alicyclic amines) is 1. The zero-order chi connectivity index (χ0) is 29.5. The first-order chi connectivity index (χ1) is 19.2. The van der Waals surface area contributed by atoms with E-state index in [4.69, 9.17) is 0 Å². The smallest absolute Gasteiger partial charge is 0.407 e. The summed E-state index contributed by atoms with van der Waals surface area (Å²) in [4.78, 5) is 84.8. The largest absolute Gasteiger partial charge is 0.453 e. The second-order valence-corrected chi connectivity index (χ2v) is 10.4. The van der Waals surface area contributed by atoms with Gasteiger partial charge in [0.05, 0.1) is 20.3 Å². The van der Waals surface area contributed by atoms with Crippen LogP contribution in [0.4, 0.5) is 9.59 Å². The molecule has 0 aromatic carbocycles. The third-order valence-electron chi connectivity index (χ3n) is 6.35. The summed E-state index contributed by atoms with van der Waals surface area (Å²) in [6.07, 6.45) is 2.42. The second kappa shape index (κ2) is 17.3. The van der Waals surface area contributed by atoms with Crippen LogP contribution in [0.15, 0.2) is 0 Å². The summed E-state index contributed by atoms with van der Waals surface area (Å²) in [6, 6.07) is -1.13. The van der Waals surface area contributed by atoms with Crippen LogP contribution in [0.2, 0.25) is 0 Å². The van der Waals surface area contributed by atoms with E-state index in [1.807, 2.05) is 4.31 Å². The lowest BCUT2D eigenvalue weighted by Gasteiger charge is -2.21. The second-order valence-electron chi connectivity index (χ2n) is 9.16. The van der Waals surface area contributed by atoms with Crippen molar-refractivity contribution in [2.75, 3.05) is 46.9 Å². The summed E-state index contributed by atoms with van der Waals surface area (Å²) in [5, 5.41) is 9.64. The highest BCUT2D eigenvalue weighted by molar-refractivity contribution is 7.98. The maximum atomic E-state index is 12.7. The minimum atomic E-state index is -0.873. The molecule has 0 aliphatic carbocycles. The van der Waals surface area contributed by atoms with Gasteiger partial charge in [-0.15, -0.1) is 0 Å². The maximum absolute atomic E-state index is 12.7. The van der Waals surface area contributed by atoms with Crippen LogP contribution < -0.4 is 21.3 Å². The van der Waals surface area contributed by atoms with Gasteiger partial charge in [-0.2, -0.15) is 0 Å². The normalized spacial score (nSPS) is 19.6. The Kier molecular flexibility index (Phi) is 14.2. The van der Waals surface area contributed by atoms with Crippen LogP contribution in [-0.2, 0) is 33.4 Å². The first kappa shape index (κ1) is 32.8. The number of alkyl carbamates (subject to hydrolysis) is 2. The first-order valence-electron chi connectivity index (χ1n) is 13.1. The molecule has 2 aliphatic rings. The van der Waals surface area contributed by atoms with Crippen LogP contribution in [0.3, 0.4) is 0 Å². The van der Waals surface area contributed by atoms with Gasteiger partial charge >= 0.3 is 12.2 Å². The molecule has 4 N–H and O–H groups in total. The molecule has 6 amide bonds. The highest BCUT2D eigenvalue weighted by Gasteiger charge is 2.41. The number of hydrogen-bond donors (Lipinski definition) is 4. The van der Waals surface area contributed by atoms with E-state index in [-0.39, 0.29) is 50.3 Å². The number of ether oxygens (including phenoxy) is 2. The van der Waals surface area contributed by atoms with Crippen LogP contribution in [0.5, 0.6) is 0 Å². The average Bonchev–Trinajstić information content (AvgIpc) is 3.51. The van der Waals surface area contributed by atoms with Gasteiger partial charge in [0.2, 0.25) is 23.6 Å². The van der Waals surface area contributed by atoms with E-state index in [0.29, 0.717) is 32.4 Å². The van der Waals surface area contributed by atoms with Gasteiger partial charge in [-0.05, 0) is 32.1 Å². The molecule has 0 radical (unpaired) electrons. The van der Waals surface area contributed by atoms with Crippen molar-refractivity contribution in [1.29, 1.82) is 0 Å². The topological polar surface area (TPSA) is 193 Å². The molecule has 0 saturated carbocycles. The quantitative estimate of drug-likeness (QED) is 0.0773. The van der Waals surface area contributed by atoms with E-state index < -0.39 is 35.3 Å². The Morgan fingerprint density at radius 3 is 2.45 bits per heavy atom. The molecule has 0 bridgehead atoms. The number of hydrogen-bond acceptors (Lipinski definition) is 11. The van der Waals surface area contributed by atoms with Crippen molar-refractivity contribution in [3.05, 3.63) is 0 Å². The Morgan fingerprint density at radius 1 is 1.02 bits per heavy atom. The number of nitrogens with one attached hydrogen (secondary N) is 4. The van der Waals surface area contributed by atoms with Gasteiger partial charge in [0, 0.05) is 45.6 Å². The lowest BCUT2D eigenvalue weighted by atomic mass is 10.1. The van der Waals surface area contributed by atoms with Gasteiger partial charge < -0.3 is 35.5 Å². The molecule has 0 aromatic rings. The Hall–Kier alpha value is -3.40. The summed E-state index contributed by atoms with van der Waals surface area (Å²) >= 11 is 1.23. The molecule has 40 heavy (non-hydrogen) atoms. The van der Waals surface area contributed by atoms with Crippen LogP contribution in [0.25, 0.3) is 0 Å². The molecule has 16 heteroatoms. The Labute approximate surface area is 236 Å². The number of imide groups is 1. The molecule has 224 valence electrons. The summed E-state index contributed by atoms with van der Waals surface area (Å²) < 4.78 is 10.9. The van der Waals surface area contributed by atoms with Crippen molar-refractivity contribution >= 4 is 54.0 Å². The molecule has 2 aliphatic heterocycles. The number of methoxy groups -OCH3 is 2. The summed E-state index contributed by atoms with van der Waals surface area (Å²) in [5.74, 6) is -1.58. The fourth-order valence-corrected chi connectivity index (χ4v) is 5.49. The van der Waals surface area contributed by atoms with Crippen molar-refractivity contribution in [2.24, 2.45) is 0 Å². The van der Waals surface area contributed by atoms with Crippen molar-refractivity contribution in [2.45, 2.75) is 62.3 Å². The van der Waals surface area contributed by atoms with Crippen molar-refractivity contribution in [3.8, 4) is 0 Å². The van der Waals surface area contributed by atoms with Crippen LogP contribution >= 0.6 is 11.9 Å². The molecule has 15 nitrogen and oxygen atoms in total. The third-order valence-corrected chi connectivity index (χ3v) is 7.69. The predicted octanol–water partition coefficient (Wildman–Crippen LogP) is -0.701. The number of amides is 6. The number of rotatable bonds is 16. The zero-order valence-corrected chi connectivity index (χ0v) is 23.6. The number of unbranched alkanes of at least 4 members (excludes halogenated alkanes) is 1. The Bertz CT molecular complexity index is 937. The van der Waals surface area contributed by atoms with Crippen LogP contribution in [-0.4, -0.2) is 116 Å². The van der Waals surface area contributed by atoms with Crippen LogP contribution in [0.1, 0.15) is 44.9 Å². The number of nitrogens with zero attached hydrogens (tertiary/aromatic N) is 2. The van der Waals surface area contributed by atoms with Gasteiger partial charge in [-0.25, -0.2) is 13.9 Å². The summed E-state index contributed by atoms with van der Waals surface area (Å²) in [5.41, 5.74) is 0. The van der Waals surface area contributed by atoms with Gasteiger partial charge in [0.25, 0.3) is 0 Å². The summed E-state index contributed by atoms with van der Waals surface area (Å²) in [7, 11) is 2.43. The van der Waals surface area contributed by atoms with Crippen molar-refractivity contribution in [1.82, 2.24) is 30.5 Å². The predicted molar refractivity (Wildman–Crippen MR) is 143 cm³/mol. The van der Waals surface area contributed by atoms with Gasteiger partial charge in [-0.3, -0.25) is 24.1 Å². The molecule has 2 saturated heterocycles. The van der Waals surface area contributed by atoms with E-state index >= 15 is 0 Å². The fourth-order valence-electron chi connectivity index (χ4n) is 4.19. The Morgan fingerprint density at radius 2 is 1.75 bits per heavy atom. The highest BCUT2D eigenvalue weighted by atomic mass is 32.2. The highest BCUT2D eigenvalue weighted by Crippen LogP contribution is 2.33. The molecule has 2 unspecified atom stereocenters. The van der Waals surface area contributed by atoms with Gasteiger partial charge in [-0.1, -0.05) is 11.9 Å². The molecule has 0 aromatic heterocycles. The number of carbonyl (C=O) groups is 7. The molecule has 0 spiro atoms. The van der Waals surface area contributed by atoms with Gasteiger partial charge in [0.1, 0.15) is 17.6 Å². The average molecular weight is 587 g/mol. The molecular formula is C24H38N6O9S. The monoisotopic (exact) mass is 586 g/mol. The van der Waals surface area contributed by atoms with E-state index in [9.17, 15) is 33.6 Å². The van der Waals surface area contributed by atoms with Crippen LogP contribution in [0, 0.1) is 0 Å². The summed E-state index contributed by atoms with van der Waals surface area (Å²) in [6.45, 7) is 1.15. The molecule has 2 heterocycles. The standard InChI is InChI=1S/C24H38N6O9S/c1-38-23(36)27-9-4-3-7-17(28-24(37)39-2)21(34)26-11-10-25-19(32)8-13-29-20(33)14-18(22(29)35)40-30-12-5-6-16(30)15-31/h15-18H,3-14H2,1-2H3,(H,25,32)(H,26,34)(H,27,36)(H,28,37)/t16-,17?,18?/m0/s1. The fraction of sp³-hybridized carbons (Fsp3) is 0.708. The molecular weight excluding hydrogens is 548 g/mol. The molecule has 3 atom stereocenters.